The number of aliphatic hydroxyl groups excluding tert-OH is 9. The molecule has 3 saturated heterocycles. The van der Waals surface area contributed by atoms with Gasteiger partial charge in [0.15, 0.2) is 18.9 Å². The highest BCUT2D eigenvalue weighted by molar-refractivity contribution is 5.79. The monoisotopic (exact) mass is 1200 g/mol. The standard InChI is InChI=1S/C54H99N5O24/c1-34-45(68)48(71)37(30-60)81-51(34)78-22-7-18-56-41(64)12-25-75-28-15-54(59-44(67)11-5-10-40(63)55-17-6-21-74-4,33-77-27-14-43(66)58-20-9-24-80-53-36(3)47(70)50(73)39(32-62)83-53)16-29-76-26-13-42(65)57-19-8-23-79-52-35(2)46(69)49(72)38(31-61)82-52/h34-39,45-53,60-62,68-73H,5-33H2,1-4H3,(H,55,63)(H,56,64)(H,57,65)(H,58,66)(H,59,67)/t34?,35?,36?,37?,38?,39?,45-,46-,47-,48+,49+,50+,51-,52-,53-,54?/m1/s1. The highest BCUT2D eigenvalue weighted by Crippen LogP contribution is 2.29. The maximum atomic E-state index is 13.7. The van der Waals surface area contributed by atoms with Crippen molar-refractivity contribution in [3.8, 4) is 0 Å². The lowest BCUT2D eigenvalue weighted by atomic mass is 9.92. The molecule has 0 spiro atoms. The Hall–Kier alpha value is -3.41. The van der Waals surface area contributed by atoms with Crippen molar-refractivity contribution in [2.45, 2.75) is 177 Å². The number of methoxy groups -OCH3 is 1. The topological polar surface area (TPSA) is 420 Å². The first-order valence-electron chi connectivity index (χ1n) is 29.1. The van der Waals surface area contributed by atoms with E-state index in [2.05, 4.69) is 26.6 Å². The maximum Gasteiger partial charge on any atom is 0.222 e. The average molecular weight is 1200 g/mol. The Morgan fingerprint density at radius 3 is 1.08 bits per heavy atom. The van der Waals surface area contributed by atoms with Crippen LogP contribution in [0.5, 0.6) is 0 Å². The van der Waals surface area contributed by atoms with Gasteiger partial charge in [-0.2, -0.15) is 0 Å². The van der Waals surface area contributed by atoms with Gasteiger partial charge in [-0.05, 0) is 44.9 Å². The van der Waals surface area contributed by atoms with Crippen LogP contribution in [0.4, 0.5) is 0 Å². The minimum absolute atomic E-state index is 0.00598. The van der Waals surface area contributed by atoms with Crippen LogP contribution in [0.2, 0.25) is 0 Å². The third-order valence-corrected chi connectivity index (χ3v) is 14.6. The first-order valence-corrected chi connectivity index (χ1v) is 29.1. The predicted octanol–water partition coefficient (Wildman–Crippen LogP) is -4.04. The summed E-state index contributed by atoms with van der Waals surface area (Å²) in [6.45, 7) is 5.50. The predicted molar refractivity (Wildman–Crippen MR) is 291 cm³/mol. The second-order valence-electron chi connectivity index (χ2n) is 21.3. The fourth-order valence-corrected chi connectivity index (χ4v) is 9.23. The molecule has 0 bridgehead atoms. The highest BCUT2D eigenvalue weighted by Gasteiger charge is 2.45. The molecular formula is C54H99N5O24. The third-order valence-electron chi connectivity index (χ3n) is 14.6. The molecule has 0 aromatic heterocycles. The van der Waals surface area contributed by atoms with Crippen LogP contribution >= 0.6 is 0 Å². The van der Waals surface area contributed by atoms with Gasteiger partial charge in [0.05, 0.1) is 89.9 Å². The first-order chi connectivity index (χ1) is 39.8. The molecule has 3 aliphatic heterocycles. The molecule has 3 fully saturated rings. The Labute approximate surface area is 486 Å². The molecule has 484 valence electrons. The summed E-state index contributed by atoms with van der Waals surface area (Å²) in [5, 5.41) is 104. The molecule has 0 aliphatic carbocycles. The van der Waals surface area contributed by atoms with E-state index < -0.39 is 123 Å². The Balaban J connectivity index is 1.57. The van der Waals surface area contributed by atoms with E-state index in [0.29, 0.717) is 38.8 Å². The van der Waals surface area contributed by atoms with Crippen LogP contribution in [-0.4, -0.2) is 274 Å². The second-order valence-corrected chi connectivity index (χ2v) is 21.3. The Morgan fingerprint density at radius 1 is 0.410 bits per heavy atom. The van der Waals surface area contributed by atoms with Crippen molar-refractivity contribution >= 4 is 29.5 Å². The molecule has 0 aromatic carbocycles. The van der Waals surface area contributed by atoms with Gasteiger partial charge in [0, 0.05) is 103 Å². The summed E-state index contributed by atoms with van der Waals surface area (Å²) in [4.78, 5) is 64.6. The quantitative estimate of drug-likeness (QED) is 0.0258. The van der Waals surface area contributed by atoms with Gasteiger partial charge in [-0.25, -0.2) is 0 Å². The second kappa shape index (κ2) is 41.6. The number of rotatable bonds is 44. The molecule has 29 heteroatoms. The van der Waals surface area contributed by atoms with Crippen LogP contribution in [0, 0.1) is 17.8 Å². The van der Waals surface area contributed by atoms with Gasteiger partial charge in [-0.3, -0.25) is 24.0 Å². The molecule has 0 aromatic rings. The zero-order valence-corrected chi connectivity index (χ0v) is 48.8. The number of carbonyl (C=O) groups excluding carboxylic acids is 5. The van der Waals surface area contributed by atoms with Crippen molar-refractivity contribution in [2.24, 2.45) is 17.8 Å². The van der Waals surface area contributed by atoms with Gasteiger partial charge in [-0.1, -0.05) is 20.8 Å². The van der Waals surface area contributed by atoms with Crippen LogP contribution in [0.25, 0.3) is 0 Å². The van der Waals surface area contributed by atoms with E-state index in [-0.39, 0.29) is 154 Å². The van der Waals surface area contributed by atoms with E-state index in [1.807, 2.05) is 0 Å². The largest absolute Gasteiger partial charge is 0.394 e. The van der Waals surface area contributed by atoms with Crippen molar-refractivity contribution < 1.29 is 117 Å². The van der Waals surface area contributed by atoms with Crippen LogP contribution in [0.3, 0.4) is 0 Å². The summed E-state index contributed by atoms with van der Waals surface area (Å²) in [5.41, 5.74) is -1.16. The summed E-state index contributed by atoms with van der Waals surface area (Å²) in [5.74, 6) is -3.25. The minimum atomic E-state index is -1.26. The van der Waals surface area contributed by atoms with Crippen LogP contribution < -0.4 is 26.6 Å². The van der Waals surface area contributed by atoms with E-state index in [1.165, 1.54) is 0 Å². The third kappa shape index (κ3) is 27.5. The van der Waals surface area contributed by atoms with Crippen LogP contribution in [0.1, 0.15) is 97.8 Å². The SMILES string of the molecule is COCCCNC(=O)CCCC(=O)NC(CCOCCC(=O)NCCCO[C@@H]1OC(CO)[C@H](O)[C@H](O)C1C)(CCOCCC(=O)NCCCO[C@@H]1OC(CO)[C@H](O)[C@H](O)C1C)COCCC(=O)NCCCO[C@@H]1OC(CO)[C@H](O)[C@H](O)C1C. The highest BCUT2D eigenvalue weighted by atomic mass is 16.7. The maximum absolute atomic E-state index is 13.7. The number of ether oxygens (including phenoxy) is 10. The van der Waals surface area contributed by atoms with Crippen molar-refractivity contribution in [1.82, 2.24) is 26.6 Å². The molecule has 3 rings (SSSR count). The molecule has 5 amide bonds. The van der Waals surface area contributed by atoms with Gasteiger partial charge in [0.25, 0.3) is 0 Å². The van der Waals surface area contributed by atoms with Gasteiger partial charge in [-0.15, -0.1) is 0 Å². The summed E-state index contributed by atoms with van der Waals surface area (Å²) in [6, 6.07) is 0. The lowest BCUT2D eigenvalue weighted by Gasteiger charge is -2.40. The molecule has 6 unspecified atom stereocenters. The molecule has 0 saturated carbocycles. The van der Waals surface area contributed by atoms with Gasteiger partial charge in [0.2, 0.25) is 29.5 Å². The van der Waals surface area contributed by atoms with E-state index in [0.717, 1.165) is 0 Å². The number of hydrogen-bond acceptors (Lipinski definition) is 24. The average Bonchev–Trinajstić information content (AvgIpc) is 3.65. The molecule has 15 atom stereocenters. The number of nitrogens with one attached hydrogen (secondary N) is 5. The molecule has 29 nitrogen and oxygen atoms in total. The van der Waals surface area contributed by atoms with Gasteiger partial charge in [0.1, 0.15) is 36.6 Å². The van der Waals surface area contributed by atoms with Gasteiger partial charge < -0.3 is 120 Å². The van der Waals surface area contributed by atoms with Crippen molar-refractivity contribution in [3.05, 3.63) is 0 Å². The number of hydrogen-bond donors (Lipinski definition) is 14. The minimum Gasteiger partial charge on any atom is -0.394 e. The van der Waals surface area contributed by atoms with Crippen LogP contribution in [-0.2, 0) is 71.3 Å². The number of carbonyl (C=O) groups is 5. The van der Waals surface area contributed by atoms with E-state index in [9.17, 15) is 69.9 Å². The fraction of sp³-hybridized carbons (Fsp3) is 0.907. The first kappa shape index (κ1) is 73.8. The lowest BCUT2D eigenvalue weighted by molar-refractivity contribution is -0.282. The van der Waals surface area contributed by atoms with Crippen molar-refractivity contribution in [3.63, 3.8) is 0 Å². The zero-order chi connectivity index (χ0) is 61.2. The summed E-state index contributed by atoms with van der Waals surface area (Å²) < 4.78 is 56.9. The normalized spacial score (nSPS) is 28.9. The fourth-order valence-electron chi connectivity index (χ4n) is 9.23. The van der Waals surface area contributed by atoms with Crippen molar-refractivity contribution in [1.29, 1.82) is 0 Å². The lowest BCUT2D eigenvalue weighted by Crippen LogP contribution is -2.55. The van der Waals surface area contributed by atoms with E-state index >= 15 is 0 Å². The smallest absolute Gasteiger partial charge is 0.222 e. The molecule has 3 heterocycles. The molecule has 14 N–H and O–H groups in total. The van der Waals surface area contributed by atoms with E-state index in [4.69, 9.17) is 47.4 Å². The zero-order valence-electron chi connectivity index (χ0n) is 48.8. The van der Waals surface area contributed by atoms with Gasteiger partial charge >= 0.3 is 0 Å². The molecular weight excluding hydrogens is 1100 g/mol. The molecule has 0 radical (unpaired) electrons. The number of amides is 5. The summed E-state index contributed by atoms with van der Waals surface area (Å²) in [7, 11) is 1.57. The van der Waals surface area contributed by atoms with Crippen LogP contribution in [0.15, 0.2) is 0 Å². The molecule has 3 aliphatic rings. The summed E-state index contributed by atoms with van der Waals surface area (Å²) in [6.07, 6.45) is -10.5. The number of aliphatic hydroxyl groups is 9. The summed E-state index contributed by atoms with van der Waals surface area (Å²) >= 11 is 0. The van der Waals surface area contributed by atoms with E-state index in [1.54, 1.807) is 27.9 Å². The Morgan fingerprint density at radius 2 is 0.735 bits per heavy atom. The molecule has 83 heavy (non-hydrogen) atoms. The van der Waals surface area contributed by atoms with Crippen molar-refractivity contribution in [2.75, 3.05) is 119 Å². The Bertz CT molecular complexity index is 1740. The Kier molecular flexibility index (Phi) is 37.0.